The molecule has 0 unspecified atom stereocenters. The SMILES string of the molecule is CC(C)(C)C=CC(=O)c1cc(Cl)ccc1OCCO. The van der Waals surface area contributed by atoms with Crippen LogP contribution >= 0.6 is 11.6 Å². The standard InChI is InChI=1S/C15H19ClO3/c1-15(2,3)7-6-13(18)12-10-11(16)4-5-14(12)19-9-8-17/h4-7,10,17H,8-9H2,1-3H3. The van der Waals surface area contributed by atoms with Crippen molar-refractivity contribution in [1.82, 2.24) is 0 Å². The number of carbonyl (C=O) groups excluding carboxylic acids is 1. The van der Waals surface area contributed by atoms with Crippen molar-refractivity contribution in [3.63, 3.8) is 0 Å². The van der Waals surface area contributed by atoms with Crippen LogP contribution in [0.5, 0.6) is 5.75 Å². The molecule has 0 radical (unpaired) electrons. The third-order valence-electron chi connectivity index (χ3n) is 2.29. The molecule has 1 aromatic rings. The number of aliphatic hydroxyl groups excluding tert-OH is 1. The molecule has 0 atom stereocenters. The molecule has 104 valence electrons. The molecule has 0 aliphatic carbocycles. The van der Waals surface area contributed by atoms with E-state index in [9.17, 15) is 4.79 Å². The lowest BCUT2D eigenvalue weighted by Gasteiger charge is -2.12. The quantitative estimate of drug-likeness (QED) is 0.664. The highest BCUT2D eigenvalue weighted by molar-refractivity contribution is 6.31. The zero-order chi connectivity index (χ0) is 14.5. The number of rotatable bonds is 5. The molecule has 0 spiro atoms. The van der Waals surface area contributed by atoms with E-state index in [-0.39, 0.29) is 24.4 Å². The summed E-state index contributed by atoms with van der Waals surface area (Å²) in [4.78, 5) is 12.1. The zero-order valence-electron chi connectivity index (χ0n) is 11.4. The Bertz CT molecular complexity index is 473. The fraction of sp³-hybridized carbons (Fsp3) is 0.400. The van der Waals surface area contributed by atoms with E-state index < -0.39 is 0 Å². The molecule has 0 amide bonds. The van der Waals surface area contributed by atoms with E-state index in [1.807, 2.05) is 26.8 Å². The van der Waals surface area contributed by atoms with E-state index in [1.165, 1.54) is 6.08 Å². The fourth-order valence-electron chi connectivity index (χ4n) is 1.39. The lowest BCUT2D eigenvalue weighted by Crippen LogP contribution is -2.07. The number of benzene rings is 1. The van der Waals surface area contributed by atoms with Gasteiger partial charge in [0.2, 0.25) is 0 Å². The molecule has 1 N–H and O–H groups in total. The lowest BCUT2D eigenvalue weighted by atomic mass is 9.95. The summed E-state index contributed by atoms with van der Waals surface area (Å²) >= 11 is 5.90. The summed E-state index contributed by atoms with van der Waals surface area (Å²) in [6.45, 7) is 6.08. The molecule has 3 nitrogen and oxygen atoms in total. The van der Waals surface area contributed by atoms with Crippen molar-refractivity contribution in [2.24, 2.45) is 5.41 Å². The third-order valence-corrected chi connectivity index (χ3v) is 2.53. The maximum atomic E-state index is 12.1. The summed E-state index contributed by atoms with van der Waals surface area (Å²) in [7, 11) is 0. The maximum absolute atomic E-state index is 12.1. The fourth-order valence-corrected chi connectivity index (χ4v) is 1.56. The van der Waals surface area contributed by atoms with E-state index >= 15 is 0 Å². The molecule has 0 fully saturated rings. The zero-order valence-corrected chi connectivity index (χ0v) is 12.2. The van der Waals surface area contributed by atoms with Gasteiger partial charge in [-0.1, -0.05) is 38.4 Å². The molecule has 19 heavy (non-hydrogen) atoms. The van der Waals surface area contributed by atoms with Gasteiger partial charge in [-0.25, -0.2) is 0 Å². The van der Waals surface area contributed by atoms with Gasteiger partial charge in [-0.15, -0.1) is 0 Å². The Morgan fingerprint density at radius 3 is 2.68 bits per heavy atom. The van der Waals surface area contributed by atoms with Crippen LogP contribution in [-0.2, 0) is 0 Å². The average molecular weight is 283 g/mol. The lowest BCUT2D eigenvalue weighted by molar-refractivity contribution is 0.104. The van der Waals surface area contributed by atoms with Crippen LogP contribution < -0.4 is 4.74 Å². The minimum Gasteiger partial charge on any atom is -0.490 e. The van der Waals surface area contributed by atoms with Crippen molar-refractivity contribution in [2.75, 3.05) is 13.2 Å². The minimum absolute atomic E-state index is 0.0691. The number of hydrogen-bond acceptors (Lipinski definition) is 3. The highest BCUT2D eigenvalue weighted by Crippen LogP contribution is 2.24. The normalized spacial score (nSPS) is 11.8. The van der Waals surface area contributed by atoms with Gasteiger partial charge in [0.05, 0.1) is 12.2 Å². The summed E-state index contributed by atoms with van der Waals surface area (Å²) in [5, 5.41) is 9.25. The molecule has 0 aliphatic heterocycles. The Morgan fingerprint density at radius 2 is 2.11 bits per heavy atom. The van der Waals surface area contributed by atoms with Gasteiger partial charge >= 0.3 is 0 Å². The van der Waals surface area contributed by atoms with Gasteiger partial charge in [0.1, 0.15) is 12.4 Å². The van der Waals surface area contributed by atoms with Gasteiger partial charge in [-0.05, 0) is 29.7 Å². The van der Waals surface area contributed by atoms with Crippen LogP contribution in [-0.4, -0.2) is 24.1 Å². The van der Waals surface area contributed by atoms with Crippen molar-refractivity contribution in [3.05, 3.63) is 40.9 Å². The van der Waals surface area contributed by atoms with E-state index in [0.717, 1.165) is 0 Å². The smallest absolute Gasteiger partial charge is 0.189 e. The predicted molar refractivity (Wildman–Crippen MR) is 77.0 cm³/mol. The van der Waals surface area contributed by atoms with Crippen LogP contribution in [0.25, 0.3) is 0 Å². The van der Waals surface area contributed by atoms with Crippen molar-refractivity contribution in [1.29, 1.82) is 0 Å². The van der Waals surface area contributed by atoms with Gasteiger partial charge in [0, 0.05) is 5.02 Å². The van der Waals surface area contributed by atoms with Crippen LogP contribution in [0.3, 0.4) is 0 Å². The molecule has 1 aromatic carbocycles. The molecule has 0 saturated heterocycles. The average Bonchev–Trinajstić information content (AvgIpc) is 2.33. The number of ketones is 1. The Balaban J connectivity index is 3.00. The van der Waals surface area contributed by atoms with Gasteiger partial charge in [0.15, 0.2) is 5.78 Å². The number of aliphatic hydroxyl groups is 1. The first-order chi connectivity index (χ1) is 8.83. The number of allylic oxidation sites excluding steroid dienone is 2. The molecule has 0 bridgehead atoms. The Kier molecular flexibility index (Phi) is 5.58. The highest BCUT2D eigenvalue weighted by atomic mass is 35.5. The molecule has 0 heterocycles. The number of hydrogen-bond donors (Lipinski definition) is 1. The van der Waals surface area contributed by atoms with Gasteiger partial charge < -0.3 is 9.84 Å². The van der Waals surface area contributed by atoms with Crippen LogP contribution in [0.4, 0.5) is 0 Å². The van der Waals surface area contributed by atoms with E-state index in [0.29, 0.717) is 16.3 Å². The first-order valence-corrected chi connectivity index (χ1v) is 6.48. The molecular weight excluding hydrogens is 264 g/mol. The molecule has 0 aromatic heterocycles. The summed E-state index contributed by atoms with van der Waals surface area (Å²) < 4.78 is 5.33. The van der Waals surface area contributed by atoms with Crippen LogP contribution in [0.2, 0.25) is 5.02 Å². The van der Waals surface area contributed by atoms with Crippen molar-refractivity contribution in [2.45, 2.75) is 20.8 Å². The Morgan fingerprint density at radius 1 is 1.42 bits per heavy atom. The monoisotopic (exact) mass is 282 g/mol. The van der Waals surface area contributed by atoms with Crippen molar-refractivity contribution >= 4 is 17.4 Å². The Hall–Kier alpha value is -1.32. The number of ether oxygens (including phenoxy) is 1. The van der Waals surface area contributed by atoms with E-state index in [2.05, 4.69) is 0 Å². The van der Waals surface area contributed by atoms with Crippen molar-refractivity contribution < 1.29 is 14.6 Å². The van der Waals surface area contributed by atoms with Gasteiger partial charge in [-0.2, -0.15) is 0 Å². The Labute approximate surface area is 118 Å². The summed E-state index contributed by atoms with van der Waals surface area (Å²) in [6, 6.07) is 4.86. The topological polar surface area (TPSA) is 46.5 Å². The first kappa shape index (κ1) is 15.7. The van der Waals surface area contributed by atoms with E-state index in [4.69, 9.17) is 21.4 Å². The second kappa shape index (κ2) is 6.73. The largest absolute Gasteiger partial charge is 0.490 e. The molecule has 0 aliphatic rings. The molecule has 1 rings (SSSR count). The summed E-state index contributed by atoms with van der Waals surface area (Å²) in [5.41, 5.74) is 0.335. The molecule has 4 heteroatoms. The van der Waals surface area contributed by atoms with E-state index in [1.54, 1.807) is 18.2 Å². The predicted octanol–water partition coefficient (Wildman–Crippen LogP) is 3.50. The van der Waals surface area contributed by atoms with Gasteiger partial charge in [0.25, 0.3) is 0 Å². The highest BCUT2D eigenvalue weighted by Gasteiger charge is 2.12. The molecular formula is C15H19ClO3. The number of carbonyl (C=O) groups is 1. The summed E-state index contributed by atoms with van der Waals surface area (Å²) in [5.74, 6) is 0.271. The second-order valence-electron chi connectivity index (χ2n) is 5.28. The number of halogens is 1. The maximum Gasteiger partial charge on any atom is 0.189 e. The molecule has 0 saturated carbocycles. The van der Waals surface area contributed by atoms with Crippen LogP contribution in [0.1, 0.15) is 31.1 Å². The van der Waals surface area contributed by atoms with Gasteiger partial charge in [-0.3, -0.25) is 4.79 Å². The van der Waals surface area contributed by atoms with Crippen LogP contribution in [0, 0.1) is 5.41 Å². The minimum atomic E-state index is -0.162. The second-order valence-corrected chi connectivity index (χ2v) is 5.71. The summed E-state index contributed by atoms with van der Waals surface area (Å²) in [6.07, 6.45) is 3.36. The van der Waals surface area contributed by atoms with Crippen LogP contribution in [0.15, 0.2) is 30.4 Å². The first-order valence-electron chi connectivity index (χ1n) is 6.10. The van der Waals surface area contributed by atoms with Crippen molar-refractivity contribution in [3.8, 4) is 5.75 Å². The third kappa shape index (κ3) is 5.45.